The summed E-state index contributed by atoms with van der Waals surface area (Å²) in [6.07, 6.45) is 1.96. The van der Waals surface area contributed by atoms with Gasteiger partial charge >= 0.3 is 0 Å². The summed E-state index contributed by atoms with van der Waals surface area (Å²) in [6.45, 7) is 9.19. The minimum absolute atomic E-state index is 0.0221. The molecule has 182 valence electrons. The lowest BCUT2D eigenvalue weighted by molar-refractivity contribution is -0.126. The zero-order chi connectivity index (χ0) is 24.9. The number of anilines is 4. The second-order valence-electron chi connectivity index (χ2n) is 8.92. The number of carbonyl (C=O) groups is 2. The third kappa shape index (κ3) is 6.11. The van der Waals surface area contributed by atoms with Crippen LogP contribution in [0, 0.1) is 33.6 Å². The third-order valence-electron chi connectivity index (χ3n) is 6.04. The lowest BCUT2D eigenvalue weighted by Crippen LogP contribution is -2.35. The first-order valence-corrected chi connectivity index (χ1v) is 11.7. The van der Waals surface area contributed by atoms with Crippen molar-refractivity contribution in [1.29, 1.82) is 0 Å². The zero-order valence-electron chi connectivity index (χ0n) is 20.6. The predicted octanol–water partition coefficient (Wildman–Crippen LogP) is 3.43. The molecule has 0 spiro atoms. The Bertz CT molecular complexity index is 1240. The van der Waals surface area contributed by atoms with Crippen molar-refractivity contribution >= 4 is 35.0 Å². The highest BCUT2D eigenvalue weighted by atomic mass is 16.2. The number of pyridine rings is 1. The molecule has 35 heavy (non-hydrogen) atoms. The van der Waals surface area contributed by atoms with Gasteiger partial charge in [-0.3, -0.25) is 9.59 Å². The summed E-state index contributed by atoms with van der Waals surface area (Å²) >= 11 is 0. The van der Waals surface area contributed by atoms with Crippen molar-refractivity contribution in [3.8, 4) is 0 Å². The van der Waals surface area contributed by atoms with Gasteiger partial charge in [0.25, 0.3) is 0 Å². The number of nitrogens with zero attached hydrogens (tertiary/aromatic N) is 4. The van der Waals surface area contributed by atoms with Crippen molar-refractivity contribution in [2.24, 2.45) is 5.92 Å². The van der Waals surface area contributed by atoms with Gasteiger partial charge in [-0.1, -0.05) is 6.07 Å². The van der Waals surface area contributed by atoms with E-state index in [-0.39, 0.29) is 24.2 Å². The normalized spacial score (nSPS) is 15.3. The van der Waals surface area contributed by atoms with Crippen LogP contribution in [0.3, 0.4) is 0 Å². The highest BCUT2D eigenvalue weighted by molar-refractivity contribution is 6.00. The fourth-order valence-corrected chi connectivity index (χ4v) is 4.00. The van der Waals surface area contributed by atoms with E-state index >= 15 is 0 Å². The number of aromatic nitrogens is 3. The Kier molecular flexibility index (Phi) is 7.24. The molecule has 1 aromatic carbocycles. The van der Waals surface area contributed by atoms with Gasteiger partial charge in [0, 0.05) is 44.0 Å². The minimum atomic E-state index is -0.358. The summed E-state index contributed by atoms with van der Waals surface area (Å²) in [6, 6.07) is 11.6. The minimum Gasteiger partial charge on any atom is -0.368 e. The van der Waals surface area contributed by atoms with Gasteiger partial charge in [0.2, 0.25) is 11.8 Å². The maximum absolute atomic E-state index is 12.7. The molecule has 2 amide bonds. The Morgan fingerprint density at radius 3 is 2.54 bits per heavy atom. The number of aryl methyl sites for hydroxylation is 4. The zero-order valence-corrected chi connectivity index (χ0v) is 20.6. The number of hydrogen-bond acceptors (Lipinski definition) is 7. The summed E-state index contributed by atoms with van der Waals surface area (Å²) in [7, 11) is 0. The molecule has 0 saturated carbocycles. The number of nitrogens with one attached hydrogen (secondary N) is 3. The van der Waals surface area contributed by atoms with E-state index in [2.05, 4.69) is 30.9 Å². The molecule has 0 bridgehead atoms. The van der Waals surface area contributed by atoms with Crippen molar-refractivity contribution in [1.82, 2.24) is 20.3 Å². The van der Waals surface area contributed by atoms with Gasteiger partial charge in [-0.25, -0.2) is 15.0 Å². The van der Waals surface area contributed by atoms with Crippen LogP contribution in [-0.4, -0.2) is 46.4 Å². The largest absolute Gasteiger partial charge is 0.368 e. The first kappa shape index (κ1) is 24.1. The van der Waals surface area contributed by atoms with Crippen LogP contribution in [0.4, 0.5) is 23.1 Å². The summed E-state index contributed by atoms with van der Waals surface area (Å²) in [5.74, 6) is 2.12. The average Bonchev–Trinajstić information content (AvgIpc) is 3.20. The average molecular weight is 474 g/mol. The monoisotopic (exact) mass is 473 g/mol. The summed E-state index contributed by atoms with van der Waals surface area (Å²) < 4.78 is 0. The van der Waals surface area contributed by atoms with E-state index in [4.69, 9.17) is 0 Å². The van der Waals surface area contributed by atoms with Gasteiger partial charge < -0.3 is 20.9 Å². The van der Waals surface area contributed by atoms with Gasteiger partial charge in [-0.15, -0.1) is 0 Å². The van der Waals surface area contributed by atoms with Crippen LogP contribution in [0.1, 0.15) is 28.9 Å². The standard InChI is InChI=1S/C26H31N7O2/c1-16-7-8-27-22(11-16)32-24-14-23(30-19(4)31-24)28-9-10-29-26(35)20-13-25(34)33(15-20)21-6-5-17(2)18(3)12-21/h5-8,11-12,14,20H,9-10,13,15H2,1-4H3,(H,29,35)(H2,27,28,30,31,32). The van der Waals surface area contributed by atoms with E-state index in [9.17, 15) is 9.59 Å². The molecule has 0 radical (unpaired) electrons. The molecule has 9 heteroatoms. The van der Waals surface area contributed by atoms with E-state index in [0.29, 0.717) is 42.9 Å². The van der Waals surface area contributed by atoms with E-state index in [1.54, 1.807) is 17.2 Å². The molecule has 1 aliphatic heterocycles. The number of amides is 2. The van der Waals surface area contributed by atoms with E-state index < -0.39 is 0 Å². The van der Waals surface area contributed by atoms with Gasteiger partial charge in [0.05, 0.1) is 5.92 Å². The molecular weight excluding hydrogens is 442 g/mol. The first-order chi connectivity index (χ1) is 16.8. The fourth-order valence-electron chi connectivity index (χ4n) is 4.00. The van der Waals surface area contributed by atoms with Crippen LogP contribution in [0.15, 0.2) is 42.6 Å². The summed E-state index contributed by atoms with van der Waals surface area (Å²) in [4.78, 5) is 40.0. The van der Waals surface area contributed by atoms with Crippen LogP contribution < -0.4 is 20.9 Å². The fraction of sp³-hybridized carbons (Fsp3) is 0.346. The lowest BCUT2D eigenvalue weighted by atomic mass is 10.1. The quantitative estimate of drug-likeness (QED) is 0.430. The maximum Gasteiger partial charge on any atom is 0.227 e. The Hall–Kier alpha value is -4.01. The molecule has 3 N–H and O–H groups in total. The number of carbonyl (C=O) groups excluding carboxylic acids is 2. The second kappa shape index (κ2) is 10.5. The van der Waals surface area contributed by atoms with Crippen molar-refractivity contribution in [2.45, 2.75) is 34.1 Å². The highest BCUT2D eigenvalue weighted by Crippen LogP contribution is 2.27. The predicted molar refractivity (Wildman–Crippen MR) is 137 cm³/mol. The van der Waals surface area contributed by atoms with Crippen LogP contribution >= 0.6 is 0 Å². The number of hydrogen-bond donors (Lipinski definition) is 3. The van der Waals surface area contributed by atoms with Crippen LogP contribution in [0.25, 0.3) is 0 Å². The summed E-state index contributed by atoms with van der Waals surface area (Å²) in [5, 5.41) is 9.35. The Balaban J connectivity index is 1.27. The first-order valence-electron chi connectivity index (χ1n) is 11.7. The van der Waals surface area contributed by atoms with Crippen LogP contribution in [-0.2, 0) is 9.59 Å². The molecule has 2 aromatic heterocycles. The molecule has 1 unspecified atom stereocenters. The molecule has 0 aliphatic carbocycles. The Morgan fingerprint density at radius 1 is 0.971 bits per heavy atom. The second-order valence-corrected chi connectivity index (χ2v) is 8.92. The van der Waals surface area contributed by atoms with Crippen molar-refractivity contribution in [3.05, 3.63) is 65.1 Å². The maximum atomic E-state index is 12.7. The molecule has 4 rings (SSSR count). The van der Waals surface area contributed by atoms with E-state index in [1.807, 2.05) is 58.0 Å². The van der Waals surface area contributed by atoms with Crippen LogP contribution in [0.5, 0.6) is 0 Å². The van der Waals surface area contributed by atoms with Crippen molar-refractivity contribution in [2.75, 3.05) is 35.2 Å². The van der Waals surface area contributed by atoms with Gasteiger partial charge in [0.15, 0.2) is 0 Å². The number of rotatable bonds is 8. The Labute approximate surface area is 205 Å². The molecular formula is C26H31N7O2. The summed E-state index contributed by atoms with van der Waals surface area (Å²) in [5.41, 5.74) is 4.25. The molecule has 1 aliphatic rings. The third-order valence-corrected chi connectivity index (χ3v) is 6.04. The number of benzene rings is 1. The highest BCUT2D eigenvalue weighted by Gasteiger charge is 2.35. The van der Waals surface area contributed by atoms with Gasteiger partial charge in [-0.2, -0.15) is 0 Å². The molecule has 1 fully saturated rings. The topological polar surface area (TPSA) is 112 Å². The molecule has 1 saturated heterocycles. The molecule has 9 nitrogen and oxygen atoms in total. The molecule has 3 heterocycles. The van der Waals surface area contributed by atoms with Gasteiger partial charge in [-0.05, 0) is 68.7 Å². The smallest absolute Gasteiger partial charge is 0.227 e. The van der Waals surface area contributed by atoms with Crippen molar-refractivity contribution < 1.29 is 9.59 Å². The molecule has 1 atom stereocenters. The van der Waals surface area contributed by atoms with Crippen LogP contribution in [0.2, 0.25) is 0 Å². The van der Waals surface area contributed by atoms with E-state index in [1.165, 1.54) is 5.56 Å². The van der Waals surface area contributed by atoms with Gasteiger partial charge in [0.1, 0.15) is 23.3 Å². The lowest BCUT2D eigenvalue weighted by Gasteiger charge is -2.18. The van der Waals surface area contributed by atoms with Crippen molar-refractivity contribution in [3.63, 3.8) is 0 Å². The Morgan fingerprint density at radius 2 is 1.77 bits per heavy atom. The molecule has 3 aromatic rings. The SMILES string of the molecule is Cc1ccnc(Nc2cc(NCCNC(=O)C3CC(=O)N(c4ccc(C)c(C)c4)C3)nc(C)n2)c1. The van der Waals surface area contributed by atoms with E-state index in [0.717, 1.165) is 16.8 Å².